The lowest BCUT2D eigenvalue weighted by molar-refractivity contribution is -0.123. The Morgan fingerprint density at radius 2 is 0.918 bits per heavy atom. The van der Waals surface area contributed by atoms with E-state index in [4.69, 9.17) is 0 Å². The monoisotopic (exact) mass is 678 g/mol. The van der Waals surface area contributed by atoms with Crippen molar-refractivity contribution in [3.63, 3.8) is 0 Å². The van der Waals surface area contributed by atoms with Crippen LogP contribution in [-0.2, 0) is 4.79 Å². The van der Waals surface area contributed by atoms with Gasteiger partial charge in [0.1, 0.15) is 0 Å². The van der Waals surface area contributed by atoms with Gasteiger partial charge in [0.15, 0.2) is 0 Å². The summed E-state index contributed by atoms with van der Waals surface area (Å²) in [7, 11) is 0. The van der Waals surface area contributed by atoms with E-state index in [9.17, 15) is 15.0 Å². The van der Waals surface area contributed by atoms with Crippen molar-refractivity contribution in [3.8, 4) is 0 Å². The Balaban J connectivity index is 3.72. The number of hydrogen-bond donors (Lipinski definition) is 3. The molecule has 0 aromatic rings. The number of aliphatic hydroxyl groups excluding tert-OH is 2. The van der Waals surface area contributed by atoms with Crippen LogP contribution < -0.4 is 5.32 Å². The Hall–Kier alpha value is -2.69. The topological polar surface area (TPSA) is 69.6 Å². The molecular weight excluding hydrogens is 602 g/mol. The van der Waals surface area contributed by atoms with Gasteiger partial charge in [-0.15, -0.1) is 0 Å². The molecule has 49 heavy (non-hydrogen) atoms. The molecule has 0 saturated heterocycles. The Morgan fingerprint density at radius 1 is 0.510 bits per heavy atom. The minimum Gasteiger partial charge on any atom is -0.394 e. The molecule has 2 unspecified atom stereocenters. The van der Waals surface area contributed by atoms with Crippen molar-refractivity contribution in [2.75, 3.05) is 6.61 Å². The number of hydrogen-bond acceptors (Lipinski definition) is 3. The van der Waals surface area contributed by atoms with Crippen molar-refractivity contribution in [1.82, 2.24) is 5.32 Å². The predicted molar refractivity (Wildman–Crippen MR) is 216 cm³/mol. The predicted octanol–water partition coefficient (Wildman–Crippen LogP) is 12.3. The molecular formula is C45H75NO3. The molecule has 3 N–H and O–H groups in total. The molecule has 0 aromatic heterocycles. The second kappa shape index (κ2) is 39.7. The van der Waals surface area contributed by atoms with E-state index in [1.54, 1.807) is 6.08 Å². The maximum absolute atomic E-state index is 12.3. The average molecular weight is 678 g/mol. The molecule has 0 saturated carbocycles. The molecule has 4 nitrogen and oxygen atoms in total. The van der Waals surface area contributed by atoms with Gasteiger partial charge in [-0.1, -0.05) is 169 Å². The highest BCUT2D eigenvalue weighted by Gasteiger charge is 2.17. The molecule has 0 aliphatic carbocycles. The lowest BCUT2D eigenvalue weighted by atomic mass is 10.1. The average Bonchev–Trinajstić information content (AvgIpc) is 3.10. The largest absolute Gasteiger partial charge is 0.394 e. The molecule has 1 amide bonds. The van der Waals surface area contributed by atoms with E-state index in [-0.39, 0.29) is 12.5 Å². The summed E-state index contributed by atoms with van der Waals surface area (Å²) in [6.07, 6.45) is 59.3. The van der Waals surface area contributed by atoms with Crippen LogP contribution in [0.1, 0.15) is 162 Å². The summed E-state index contributed by atoms with van der Waals surface area (Å²) in [5.41, 5.74) is 0. The summed E-state index contributed by atoms with van der Waals surface area (Å²) in [4.78, 5) is 12.3. The lowest BCUT2D eigenvalue weighted by Gasteiger charge is -2.19. The van der Waals surface area contributed by atoms with Crippen molar-refractivity contribution >= 4 is 5.91 Å². The van der Waals surface area contributed by atoms with Crippen LogP contribution in [0.5, 0.6) is 0 Å². The van der Waals surface area contributed by atoms with Crippen LogP contribution in [0, 0.1) is 0 Å². The van der Waals surface area contributed by atoms with Crippen LogP contribution in [0.25, 0.3) is 0 Å². The quantitative estimate of drug-likeness (QED) is 0.0469. The van der Waals surface area contributed by atoms with Crippen LogP contribution in [0.4, 0.5) is 0 Å². The molecule has 0 aliphatic heterocycles. The second-order valence-corrected chi connectivity index (χ2v) is 13.0. The molecule has 0 radical (unpaired) electrons. The Labute approximate surface area is 303 Å². The first kappa shape index (κ1) is 46.3. The Bertz CT molecular complexity index is 952. The summed E-state index contributed by atoms with van der Waals surface area (Å²) in [5, 5.41) is 22.9. The van der Waals surface area contributed by atoms with Gasteiger partial charge in [-0.25, -0.2) is 0 Å². The molecule has 0 aromatic carbocycles. The minimum absolute atomic E-state index is 0.0956. The first-order valence-corrected chi connectivity index (χ1v) is 20.0. The number of carbonyl (C=O) groups excluding carboxylic acids is 1. The SMILES string of the molecule is CC/C=C\C/C=C\C/C=C\C/C=C\C/C=C\C/C=C\CCCCCCCCC(=O)NC(CO)C(O)/C=C/CC/C=C/CCCCCCCC. The molecule has 0 heterocycles. The van der Waals surface area contributed by atoms with Gasteiger partial charge in [-0.05, 0) is 83.5 Å². The van der Waals surface area contributed by atoms with E-state index in [0.29, 0.717) is 6.42 Å². The third-order valence-corrected chi connectivity index (χ3v) is 8.30. The number of amides is 1. The highest BCUT2D eigenvalue weighted by Crippen LogP contribution is 2.10. The third kappa shape index (κ3) is 36.4. The lowest BCUT2D eigenvalue weighted by Crippen LogP contribution is -2.45. The third-order valence-electron chi connectivity index (χ3n) is 8.30. The Morgan fingerprint density at radius 3 is 1.43 bits per heavy atom. The van der Waals surface area contributed by atoms with Gasteiger partial charge in [-0.2, -0.15) is 0 Å². The van der Waals surface area contributed by atoms with Gasteiger partial charge < -0.3 is 15.5 Å². The van der Waals surface area contributed by atoms with Gasteiger partial charge in [0.25, 0.3) is 0 Å². The van der Waals surface area contributed by atoms with Crippen molar-refractivity contribution < 1.29 is 15.0 Å². The summed E-state index contributed by atoms with van der Waals surface area (Å²) < 4.78 is 0. The maximum Gasteiger partial charge on any atom is 0.220 e. The number of rotatable bonds is 34. The van der Waals surface area contributed by atoms with Gasteiger partial charge in [0.05, 0.1) is 18.8 Å². The minimum atomic E-state index is -0.873. The highest BCUT2D eigenvalue weighted by atomic mass is 16.3. The van der Waals surface area contributed by atoms with E-state index in [0.717, 1.165) is 83.5 Å². The molecule has 0 aliphatic rings. The molecule has 0 rings (SSSR count). The smallest absolute Gasteiger partial charge is 0.220 e. The standard InChI is InChI=1S/C45H75NO3/c1-3-5-7-9-11-13-15-17-18-19-20-21-22-23-24-25-26-27-28-29-31-33-35-37-39-41-45(49)46-43(42-47)44(48)40-38-36-34-32-30-16-14-12-10-8-6-4-2/h5,7,11,13,17-18,20-21,23-24,26-27,30,32,38,40,43-44,47-48H,3-4,6,8-10,12,14-16,19,22,25,28-29,31,33-37,39,41-42H2,1-2H3,(H,46,49)/b7-5-,13-11-,18-17-,21-20-,24-23-,27-26-,32-30+,40-38+. The first-order chi connectivity index (χ1) is 24.2. The summed E-state index contributed by atoms with van der Waals surface area (Å²) in [6.45, 7) is 4.13. The normalized spacial score (nSPS) is 14.1. The van der Waals surface area contributed by atoms with E-state index in [1.165, 1.54) is 57.8 Å². The zero-order chi connectivity index (χ0) is 35.7. The van der Waals surface area contributed by atoms with Gasteiger partial charge in [0, 0.05) is 6.42 Å². The Kier molecular flexibility index (Phi) is 37.6. The van der Waals surface area contributed by atoms with Crippen molar-refractivity contribution in [2.24, 2.45) is 0 Å². The fourth-order valence-corrected chi connectivity index (χ4v) is 5.25. The number of nitrogens with one attached hydrogen (secondary N) is 1. The van der Waals surface area contributed by atoms with Crippen LogP contribution in [0.2, 0.25) is 0 Å². The fourth-order valence-electron chi connectivity index (χ4n) is 5.25. The molecule has 278 valence electrons. The highest BCUT2D eigenvalue weighted by molar-refractivity contribution is 5.76. The van der Waals surface area contributed by atoms with Crippen LogP contribution in [-0.4, -0.2) is 34.9 Å². The van der Waals surface area contributed by atoms with Gasteiger partial charge in [-0.3, -0.25) is 4.79 Å². The molecule has 0 fully saturated rings. The summed E-state index contributed by atoms with van der Waals surface area (Å²) in [5.74, 6) is -0.0956. The van der Waals surface area contributed by atoms with E-state index in [2.05, 4.69) is 104 Å². The first-order valence-electron chi connectivity index (χ1n) is 20.0. The second-order valence-electron chi connectivity index (χ2n) is 13.0. The zero-order valence-electron chi connectivity index (χ0n) is 31.7. The van der Waals surface area contributed by atoms with E-state index >= 15 is 0 Å². The van der Waals surface area contributed by atoms with Crippen molar-refractivity contribution in [1.29, 1.82) is 0 Å². The van der Waals surface area contributed by atoms with Crippen LogP contribution in [0.15, 0.2) is 97.2 Å². The maximum atomic E-state index is 12.3. The number of aliphatic hydroxyl groups is 2. The van der Waals surface area contributed by atoms with Crippen LogP contribution >= 0.6 is 0 Å². The number of carbonyl (C=O) groups is 1. The number of unbranched alkanes of at least 4 members (excludes halogenated alkanes) is 13. The molecule has 2 atom stereocenters. The molecule has 4 heteroatoms. The van der Waals surface area contributed by atoms with Crippen molar-refractivity contribution in [3.05, 3.63) is 97.2 Å². The van der Waals surface area contributed by atoms with E-state index in [1.807, 2.05) is 6.08 Å². The fraction of sp³-hybridized carbons (Fsp3) is 0.622. The zero-order valence-corrected chi connectivity index (χ0v) is 31.7. The summed E-state index contributed by atoms with van der Waals surface area (Å²) in [6, 6.07) is -0.652. The molecule has 0 spiro atoms. The summed E-state index contributed by atoms with van der Waals surface area (Å²) >= 11 is 0. The molecule has 0 bridgehead atoms. The van der Waals surface area contributed by atoms with E-state index < -0.39 is 12.1 Å². The van der Waals surface area contributed by atoms with Crippen LogP contribution in [0.3, 0.4) is 0 Å². The van der Waals surface area contributed by atoms with Gasteiger partial charge in [0.2, 0.25) is 5.91 Å². The number of allylic oxidation sites excluding steroid dienone is 15. The van der Waals surface area contributed by atoms with Crippen molar-refractivity contribution in [2.45, 2.75) is 174 Å². The van der Waals surface area contributed by atoms with Gasteiger partial charge >= 0.3 is 0 Å².